The van der Waals surface area contributed by atoms with Crippen molar-refractivity contribution in [2.24, 2.45) is 4.99 Å². The first-order valence-electron chi connectivity index (χ1n) is 7.61. The van der Waals surface area contributed by atoms with Crippen molar-refractivity contribution in [3.8, 4) is 5.75 Å². The Labute approximate surface area is 163 Å². The number of nitrogens with one attached hydrogen (secondary N) is 2. The summed E-state index contributed by atoms with van der Waals surface area (Å²) >= 11 is 0. The van der Waals surface area contributed by atoms with Crippen LogP contribution in [-0.4, -0.2) is 19.6 Å². The fourth-order valence-corrected chi connectivity index (χ4v) is 2.23. The Morgan fingerprint density at radius 2 is 1.80 bits per heavy atom. The molecule has 4 nitrogen and oxygen atoms in total. The van der Waals surface area contributed by atoms with Gasteiger partial charge in [0.1, 0.15) is 5.75 Å². The lowest BCUT2D eigenvalue weighted by Gasteiger charge is -2.13. The highest BCUT2D eigenvalue weighted by Crippen LogP contribution is 2.15. The van der Waals surface area contributed by atoms with E-state index in [1.807, 2.05) is 18.2 Å². The molecule has 0 saturated carbocycles. The van der Waals surface area contributed by atoms with Gasteiger partial charge in [0.25, 0.3) is 0 Å². The van der Waals surface area contributed by atoms with Crippen LogP contribution in [-0.2, 0) is 13.1 Å². The third kappa shape index (κ3) is 7.25. The number of hydrogen-bond donors (Lipinski definition) is 2. The van der Waals surface area contributed by atoms with Gasteiger partial charge in [-0.1, -0.05) is 36.4 Å². The van der Waals surface area contributed by atoms with Gasteiger partial charge in [-0.2, -0.15) is 8.78 Å². The molecule has 0 amide bonds. The molecule has 0 saturated heterocycles. The maximum Gasteiger partial charge on any atom is 0.387 e. The van der Waals surface area contributed by atoms with Crippen LogP contribution in [0.3, 0.4) is 0 Å². The van der Waals surface area contributed by atoms with Gasteiger partial charge in [0.2, 0.25) is 0 Å². The van der Waals surface area contributed by atoms with E-state index in [4.69, 9.17) is 0 Å². The van der Waals surface area contributed by atoms with E-state index in [-0.39, 0.29) is 29.7 Å². The number of hydrogen-bond acceptors (Lipinski definition) is 2. The molecule has 0 aliphatic carbocycles. The van der Waals surface area contributed by atoms with Gasteiger partial charge in [0.15, 0.2) is 5.96 Å². The summed E-state index contributed by atoms with van der Waals surface area (Å²) in [4.78, 5) is 4.16. The summed E-state index contributed by atoms with van der Waals surface area (Å²) in [6, 6.07) is 14.7. The van der Waals surface area contributed by atoms with Crippen LogP contribution in [0.15, 0.2) is 53.5 Å². The van der Waals surface area contributed by atoms with E-state index in [1.165, 1.54) is 17.2 Å². The standard InChI is InChI=1S/C18H21F2N3O.HI/c1-13-6-3-4-8-15(13)12-23-18(21-2)22-11-14-7-5-9-16(10-14)24-17(19)20;/h3-10,17H,11-12H2,1-2H3,(H2,21,22,23);1H. The van der Waals surface area contributed by atoms with Crippen LogP contribution < -0.4 is 15.4 Å². The molecule has 25 heavy (non-hydrogen) atoms. The number of ether oxygens (including phenoxy) is 1. The lowest BCUT2D eigenvalue weighted by Crippen LogP contribution is -2.36. The normalized spacial score (nSPS) is 11.0. The largest absolute Gasteiger partial charge is 0.435 e. The second-order valence-corrected chi connectivity index (χ2v) is 5.23. The number of aliphatic imine (C=N–C) groups is 1. The minimum Gasteiger partial charge on any atom is -0.435 e. The molecule has 136 valence electrons. The van der Waals surface area contributed by atoms with Gasteiger partial charge in [0, 0.05) is 20.1 Å². The van der Waals surface area contributed by atoms with E-state index in [2.05, 4.69) is 39.4 Å². The lowest BCUT2D eigenvalue weighted by atomic mass is 10.1. The molecule has 0 fully saturated rings. The summed E-state index contributed by atoms with van der Waals surface area (Å²) in [5.41, 5.74) is 3.22. The monoisotopic (exact) mass is 461 g/mol. The molecule has 0 spiro atoms. The van der Waals surface area contributed by atoms with Crippen molar-refractivity contribution < 1.29 is 13.5 Å². The summed E-state index contributed by atoms with van der Waals surface area (Å²) in [5, 5.41) is 6.38. The molecule has 0 atom stereocenters. The Kier molecular flexibility index (Phi) is 9.18. The number of aryl methyl sites for hydroxylation is 1. The van der Waals surface area contributed by atoms with Gasteiger partial charge >= 0.3 is 6.61 Å². The highest BCUT2D eigenvalue weighted by molar-refractivity contribution is 14.0. The zero-order chi connectivity index (χ0) is 17.4. The molecular weight excluding hydrogens is 439 g/mol. The number of benzene rings is 2. The molecule has 0 aromatic heterocycles. The first-order chi connectivity index (χ1) is 11.6. The second-order valence-electron chi connectivity index (χ2n) is 5.23. The van der Waals surface area contributed by atoms with Crippen molar-refractivity contribution in [1.82, 2.24) is 10.6 Å². The Hall–Kier alpha value is -1.90. The molecule has 0 heterocycles. The molecule has 0 unspecified atom stereocenters. The van der Waals surface area contributed by atoms with E-state index < -0.39 is 6.61 Å². The van der Waals surface area contributed by atoms with Gasteiger partial charge in [-0.3, -0.25) is 4.99 Å². The molecule has 2 rings (SSSR count). The van der Waals surface area contributed by atoms with Crippen molar-refractivity contribution in [2.45, 2.75) is 26.6 Å². The van der Waals surface area contributed by atoms with Crippen molar-refractivity contribution in [1.29, 1.82) is 0 Å². The average molecular weight is 461 g/mol. The highest BCUT2D eigenvalue weighted by Gasteiger charge is 2.05. The minimum atomic E-state index is -2.82. The smallest absolute Gasteiger partial charge is 0.387 e. The molecule has 0 bridgehead atoms. The molecule has 2 aromatic carbocycles. The summed E-state index contributed by atoms with van der Waals surface area (Å²) in [6.07, 6.45) is 0. The molecule has 0 radical (unpaired) electrons. The average Bonchev–Trinajstić information content (AvgIpc) is 2.56. The van der Waals surface area contributed by atoms with Gasteiger partial charge in [-0.25, -0.2) is 0 Å². The maximum atomic E-state index is 12.2. The number of nitrogens with zero attached hydrogens (tertiary/aromatic N) is 1. The fraction of sp³-hybridized carbons (Fsp3) is 0.278. The first-order valence-corrected chi connectivity index (χ1v) is 7.61. The Morgan fingerprint density at radius 3 is 2.48 bits per heavy atom. The summed E-state index contributed by atoms with van der Waals surface area (Å²) in [6.45, 7) is 0.341. The van der Waals surface area contributed by atoms with Gasteiger partial charge in [-0.15, -0.1) is 24.0 Å². The van der Waals surface area contributed by atoms with E-state index in [1.54, 1.807) is 19.2 Å². The van der Waals surface area contributed by atoms with E-state index in [0.717, 1.165) is 5.56 Å². The zero-order valence-corrected chi connectivity index (χ0v) is 16.5. The van der Waals surface area contributed by atoms with Crippen molar-refractivity contribution in [3.05, 3.63) is 65.2 Å². The van der Waals surface area contributed by atoms with Crippen LogP contribution in [0.1, 0.15) is 16.7 Å². The van der Waals surface area contributed by atoms with E-state index >= 15 is 0 Å². The Morgan fingerprint density at radius 1 is 1.08 bits per heavy atom. The van der Waals surface area contributed by atoms with Crippen LogP contribution in [0, 0.1) is 6.92 Å². The number of halogens is 3. The van der Waals surface area contributed by atoms with Crippen LogP contribution in [0.2, 0.25) is 0 Å². The first kappa shape index (κ1) is 21.1. The summed E-state index contributed by atoms with van der Waals surface area (Å²) in [5.74, 6) is 0.783. The number of rotatable bonds is 6. The predicted molar refractivity (Wildman–Crippen MR) is 107 cm³/mol. The third-order valence-electron chi connectivity index (χ3n) is 3.51. The Balaban J connectivity index is 0.00000312. The molecule has 2 aromatic rings. The number of alkyl halides is 2. The summed E-state index contributed by atoms with van der Waals surface area (Å²) in [7, 11) is 1.68. The summed E-state index contributed by atoms with van der Waals surface area (Å²) < 4.78 is 28.9. The molecule has 7 heteroatoms. The topological polar surface area (TPSA) is 45.7 Å². The van der Waals surface area contributed by atoms with Gasteiger partial charge in [0.05, 0.1) is 0 Å². The van der Waals surface area contributed by atoms with E-state index in [0.29, 0.717) is 19.0 Å². The van der Waals surface area contributed by atoms with Crippen molar-refractivity contribution >= 4 is 29.9 Å². The minimum absolute atomic E-state index is 0. The molecule has 0 aliphatic heterocycles. The van der Waals surface area contributed by atoms with Crippen LogP contribution in [0.4, 0.5) is 8.78 Å². The zero-order valence-electron chi connectivity index (χ0n) is 14.1. The SMILES string of the molecule is CN=C(NCc1cccc(OC(F)F)c1)NCc1ccccc1C.I. The molecule has 2 N–H and O–H groups in total. The number of guanidine groups is 1. The highest BCUT2D eigenvalue weighted by atomic mass is 127. The maximum absolute atomic E-state index is 12.2. The predicted octanol–water partition coefficient (Wildman–Crippen LogP) is 4.08. The van der Waals surface area contributed by atoms with Crippen molar-refractivity contribution in [2.75, 3.05) is 7.05 Å². The fourth-order valence-electron chi connectivity index (χ4n) is 2.23. The lowest BCUT2D eigenvalue weighted by molar-refractivity contribution is -0.0498. The quantitative estimate of drug-likeness (QED) is 0.387. The third-order valence-corrected chi connectivity index (χ3v) is 3.51. The van der Waals surface area contributed by atoms with Crippen LogP contribution >= 0.6 is 24.0 Å². The molecule has 0 aliphatic rings. The molecular formula is C18H22F2IN3O. The van der Waals surface area contributed by atoms with Crippen LogP contribution in [0.25, 0.3) is 0 Å². The van der Waals surface area contributed by atoms with Gasteiger partial charge in [-0.05, 0) is 35.7 Å². The second kappa shape index (κ2) is 10.9. The van der Waals surface area contributed by atoms with Crippen molar-refractivity contribution in [3.63, 3.8) is 0 Å². The Bertz CT molecular complexity index is 696. The van der Waals surface area contributed by atoms with Crippen LogP contribution in [0.5, 0.6) is 5.75 Å². The van der Waals surface area contributed by atoms with Gasteiger partial charge < -0.3 is 15.4 Å². The van der Waals surface area contributed by atoms with E-state index in [9.17, 15) is 8.78 Å².